The first-order valence-corrected chi connectivity index (χ1v) is 5.68. The number of carboxylic acid groups (broad SMARTS) is 1. The number of rotatable bonds is 2. The fourth-order valence-corrected chi connectivity index (χ4v) is 2.40. The van der Waals surface area contributed by atoms with Gasteiger partial charge in [0, 0.05) is 6.42 Å². The molecule has 3 rings (SSSR count). The average molecular weight is 232 g/mol. The van der Waals surface area contributed by atoms with Crippen LogP contribution in [-0.2, 0) is 11.2 Å². The molecule has 1 N–H and O–H groups in total. The summed E-state index contributed by atoms with van der Waals surface area (Å²) >= 11 is 0. The number of carbonyl (C=O) groups excluding carboxylic acids is 1. The normalized spacial score (nSPS) is 29.0. The third-order valence-corrected chi connectivity index (χ3v) is 3.60. The second-order valence-corrected chi connectivity index (χ2v) is 4.60. The van der Waals surface area contributed by atoms with Crippen LogP contribution in [0.4, 0.5) is 0 Å². The Labute approximate surface area is 98.2 Å². The minimum absolute atomic E-state index is 0.0936. The van der Waals surface area contributed by atoms with Crippen molar-refractivity contribution < 1.29 is 19.4 Å². The van der Waals surface area contributed by atoms with Crippen LogP contribution in [0, 0.1) is 5.92 Å². The second-order valence-electron chi connectivity index (χ2n) is 4.60. The SMILES string of the molecule is CCc1ccc2c(c1)C(=O)C1CC1(C(=O)O)O2. The topological polar surface area (TPSA) is 63.6 Å². The van der Waals surface area contributed by atoms with Crippen LogP contribution in [0.25, 0.3) is 0 Å². The van der Waals surface area contributed by atoms with E-state index in [1.165, 1.54) is 0 Å². The zero-order valence-corrected chi connectivity index (χ0v) is 9.40. The average Bonchev–Trinajstić information content (AvgIpc) is 3.05. The molecule has 0 amide bonds. The van der Waals surface area contributed by atoms with E-state index in [1.807, 2.05) is 19.1 Å². The number of carbonyl (C=O) groups is 2. The first-order valence-electron chi connectivity index (χ1n) is 5.68. The van der Waals surface area contributed by atoms with Crippen LogP contribution in [0.5, 0.6) is 5.75 Å². The zero-order chi connectivity index (χ0) is 12.2. The molecule has 1 aromatic carbocycles. The molecular weight excluding hydrogens is 220 g/mol. The number of ketones is 1. The van der Waals surface area contributed by atoms with Crippen molar-refractivity contribution in [3.8, 4) is 5.75 Å². The number of aryl methyl sites for hydroxylation is 1. The molecule has 4 nitrogen and oxygen atoms in total. The van der Waals surface area contributed by atoms with Crippen molar-refractivity contribution in [3.05, 3.63) is 29.3 Å². The highest BCUT2D eigenvalue weighted by molar-refractivity contribution is 6.09. The molecule has 4 heteroatoms. The lowest BCUT2D eigenvalue weighted by molar-refractivity contribution is -0.148. The monoisotopic (exact) mass is 232 g/mol. The first-order chi connectivity index (χ1) is 8.08. The van der Waals surface area contributed by atoms with Gasteiger partial charge in [0.25, 0.3) is 0 Å². The van der Waals surface area contributed by atoms with Gasteiger partial charge < -0.3 is 9.84 Å². The van der Waals surface area contributed by atoms with Gasteiger partial charge in [-0.3, -0.25) is 4.79 Å². The van der Waals surface area contributed by atoms with E-state index in [2.05, 4.69) is 0 Å². The Hall–Kier alpha value is -1.84. The molecule has 17 heavy (non-hydrogen) atoms. The Bertz CT molecular complexity index is 534. The standard InChI is InChI=1S/C13H12O4/c1-2-7-3-4-10-8(5-7)11(14)9-6-13(9,17-10)12(15)16/h3-5,9H,2,6H2,1H3,(H,15,16). The van der Waals surface area contributed by atoms with Crippen molar-refractivity contribution >= 4 is 11.8 Å². The summed E-state index contributed by atoms with van der Waals surface area (Å²) in [7, 11) is 0. The van der Waals surface area contributed by atoms with E-state index in [-0.39, 0.29) is 12.2 Å². The summed E-state index contributed by atoms with van der Waals surface area (Å²) in [6.45, 7) is 2.01. The van der Waals surface area contributed by atoms with E-state index >= 15 is 0 Å². The maximum atomic E-state index is 12.1. The third kappa shape index (κ3) is 1.24. The van der Waals surface area contributed by atoms with E-state index in [1.54, 1.807) is 6.07 Å². The van der Waals surface area contributed by atoms with E-state index < -0.39 is 17.5 Å². The van der Waals surface area contributed by atoms with E-state index in [0.29, 0.717) is 11.3 Å². The fourth-order valence-electron chi connectivity index (χ4n) is 2.40. The Kier molecular flexibility index (Phi) is 1.88. The Balaban J connectivity index is 2.07. The van der Waals surface area contributed by atoms with Gasteiger partial charge in [-0.15, -0.1) is 0 Å². The lowest BCUT2D eigenvalue weighted by Gasteiger charge is -2.22. The minimum Gasteiger partial charge on any atom is -0.478 e. The van der Waals surface area contributed by atoms with E-state index in [4.69, 9.17) is 9.84 Å². The molecule has 2 atom stereocenters. The molecule has 88 valence electrons. The van der Waals surface area contributed by atoms with Crippen molar-refractivity contribution in [1.82, 2.24) is 0 Å². The summed E-state index contributed by atoms with van der Waals surface area (Å²) < 4.78 is 5.50. The zero-order valence-electron chi connectivity index (χ0n) is 9.40. The van der Waals surface area contributed by atoms with Crippen molar-refractivity contribution in [2.75, 3.05) is 0 Å². The smallest absolute Gasteiger partial charge is 0.348 e. The van der Waals surface area contributed by atoms with Gasteiger partial charge in [0.05, 0.1) is 11.5 Å². The summed E-state index contributed by atoms with van der Waals surface area (Å²) in [5, 5.41) is 9.11. The third-order valence-electron chi connectivity index (χ3n) is 3.60. The molecule has 0 radical (unpaired) electrons. The predicted molar refractivity (Wildman–Crippen MR) is 59.3 cm³/mol. The van der Waals surface area contributed by atoms with Crippen LogP contribution in [-0.4, -0.2) is 22.5 Å². The van der Waals surface area contributed by atoms with Crippen molar-refractivity contribution in [2.45, 2.75) is 25.4 Å². The number of fused-ring (bicyclic) bond motifs is 2. The van der Waals surface area contributed by atoms with Gasteiger partial charge in [0.1, 0.15) is 5.75 Å². The summed E-state index contributed by atoms with van der Waals surface area (Å²) in [5.41, 5.74) is 0.311. The van der Waals surface area contributed by atoms with Crippen molar-refractivity contribution in [2.24, 2.45) is 5.92 Å². The Morgan fingerprint density at radius 2 is 2.35 bits per heavy atom. The van der Waals surface area contributed by atoms with Gasteiger partial charge in [0.15, 0.2) is 5.78 Å². The molecule has 2 unspecified atom stereocenters. The maximum absolute atomic E-state index is 12.1. The number of hydrogen-bond donors (Lipinski definition) is 1. The van der Waals surface area contributed by atoms with E-state index in [9.17, 15) is 9.59 Å². The molecule has 0 aromatic heterocycles. The quantitative estimate of drug-likeness (QED) is 0.842. The molecule has 1 aromatic rings. The largest absolute Gasteiger partial charge is 0.478 e. The fraction of sp³-hybridized carbons (Fsp3) is 0.385. The molecule has 0 saturated heterocycles. The number of carboxylic acids is 1. The molecule has 1 aliphatic carbocycles. The molecular formula is C13H12O4. The van der Waals surface area contributed by atoms with Gasteiger partial charge >= 0.3 is 5.97 Å². The molecule has 1 fully saturated rings. The maximum Gasteiger partial charge on any atom is 0.348 e. The molecule has 1 heterocycles. The van der Waals surface area contributed by atoms with Crippen LogP contribution in [0.2, 0.25) is 0 Å². The predicted octanol–water partition coefficient (Wildman–Crippen LogP) is 1.67. The van der Waals surface area contributed by atoms with Crippen LogP contribution >= 0.6 is 0 Å². The van der Waals surface area contributed by atoms with Gasteiger partial charge in [-0.2, -0.15) is 0 Å². The lowest BCUT2D eigenvalue weighted by atomic mass is 9.98. The highest BCUT2D eigenvalue weighted by atomic mass is 16.5. The Morgan fingerprint density at radius 1 is 1.59 bits per heavy atom. The van der Waals surface area contributed by atoms with Gasteiger partial charge in [-0.25, -0.2) is 4.79 Å². The first kappa shape index (κ1) is 10.3. The summed E-state index contributed by atoms with van der Waals surface area (Å²) in [4.78, 5) is 23.2. The summed E-state index contributed by atoms with van der Waals surface area (Å²) in [6, 6.07) is 5.37. The number of ether oxygens (including phenoxy) is 1. The van der Waals surface area contributed by atoms with Crippen LogP contribution < -0.4 is 4.74 Å². The van der Waals surface area contributed by atoms with Crippen molar-refractivity contribution in [3.63, 3.8) is 0 Å². The van der Waals surface area contributed by atoms with Crippen LogP contribution in [0.1, 0.15) is 29.3 Å². The molecule has 2 aliphatic rings. The van der Waals surface area contributed by atoms with Crippen LogP contribution in [0.15, 0.2) is 18.2 Å². The number of benzene rings is 1. The minimum atomic E-state index is -1.28. The second kappa shape index (κ2) is 3.09. The van der Waals surface area contributed by atoms with Gasteiger partial charge in [-0.1, -0.05) is 13.0 Å². The molecule has 1 saturated carbocycles. The number of aliphatic carboxylic acids is 1. The Morgan fingerprint density at radius 3 is 3.00 bits per heavy atom. The number of hydrogen-bond acceptors (Lipinski definition) is 3. The van der Waals surface area contributed by atoms with Crippen LogP contribution in [0.3, 0.4) is 0 Å². The summed E-state index contributed by atoms with van der Waals surface area (Å²) in [6.07, 6.45) is 1.13. The summed E-state index contributed by atoms with van der Waals surface area (Å²) in [5.74, 6) is -1.23. The van der Waals surface area contributed by atoms with Gasteiger partial charge in [-0.05, 0) is 24.1 Å². The highest BCUT2D eigenvalue weighted by Gasteiger charge is 2.69. The van der Waals surface area contributed by atoms with Gasteiger partial charge in [0.2, 0.25) is 5.60 Å². The molecule has 0 spiro atoms. The van der Waals surface area contributed by atoms with Crippen molar-refractivity contribution in [1.29, 1.82) is 0 Å². The lowest BCUT2D eigenvalue weighted by Crippen LogP contribution is -2.37. The van der Waals surface area contributed by atoms with E-state index in [0.717, 1.165) is 12.0 Å². The molecule has 0 bridgehead atoms. The molecule has 1 aliphatic heterocycles. The number of Topliss-reactive ketones (excluding diaryl/α,β-unsaturated/α-hetero) is 1. The highest BCUT2D eigenvalue weighted by Crippen LogP contribution is 2.53.